The van der Waals surface area contributed by atoms with Crippen LogP contribution in [-0.4, -0.2) is 6.03 Å². The van der Waals surface area contributed by atoms with Gasteiger partial charge in [-0.25, -0.2) is 4.79 Å². The highest BCUT2D eigenvalue weighted by molar-refractivity contribution is 7.08. The number of carbonyl (C=O) groups is 1. The van der Waals surface area contributed by atoms with Gasteiger partial charge in [-0.3, -0.25) is 0 Å². The third kappa shape index (κ3) is 3.32. The lowest BCUT2D eigenvalue weighted by atomic mass is 10.1. The fourth-order valence-electron chi connectivity index (χ4n) is 1.53. The molecule has 0 bridgehead atoms. The smallest absolute Gasteiger partial charge is 0.323 e. The Morgan fingerprint density at radius 1 is 1.28 bits per heavy atom. The summed E-state index contributed by atoms with van der Waals surface area (Å²) >= 11 is 1.54. The van der Waals surface area contributed by atoms with Crippen molar-refractivity contribution in [1.29, 1.82) is 0 Å². The van der Waals surface area contributed by atoms with Crippen molar-refractivity contribution in [2.45, 2.75) is 13.0 Å². The molecule has 4 N–H and O–H groups in total. The molecule has 2 amide bonds. The van der Waals surface area contributed by atoms with Crippen molar-refractivity contribution in [3.63, 3.8) is 0 Å². The van der Waals surface area contributed by atoms with Crippen LogP contribution in [0.5, 0.6) is 0 Å². The molecular weight excluding hydrogens is 246 g/mol. The Kier molecular flexibility index (Phi) is 3.96. The minimum absolute atomic E-state index is 0.0494. The van der Waals surface area contributed by atoms with Crippen molar-refractivity contribution in [3.8, 4) is 0 Å². The standard InChI is InChI=1S/C13H15N3OS/c1-9(14)10-3-2-4-11(7-10)15-13(17)16-12-5-6-18-8-12/h2-9H,14H2,1H3,(H2,15,16,17). The molecule has 0 aliphatic heterocycles. The molecule has 1 unspecified atom stereocenters. The van der Waals surface area contributed by atoms with Gasteiger partial charge in [-0.05, 0) is 36.1 Å². The SMILES string of the molecule is CC(N)c1cccc(NC(=O)Nc2ccsc2)c1. The Bertz CT molecular complexity index is 523. The maximum atomic E-state index is 11.7. The number of carbonyl (C=O) groups excluding carboxylic acids is 1. The van der Waals surface area contributed by atoms with E-state index in [2.05, 4.69) is 10.6 Å². The van der Waals surface area contributed by atoms with Crippen LogP contribution in [0.1, 0.15) is 18.5 Å². The zero-order valence-electron chi connectivity index (χ0n) is 10.0. The Hall–Kier alpha value is -1.85. The first-order valence-corrected chi connectivity index (χ1v) is 6.55. The van der Waals surface area contributed by atoms with E-state index < -0.39 is 0 Å². The molecule has 1 aromatic heterocycles. The lowest BCUT2D eigenvalue weighted by molar-refractivity contribution is 0.262. The second-order valence-electron chi connectivity index (χ2n) is 4.01. The number of urea groups is 1. The van der Waals surface area contributed by atoms with Gasteiger partial charge < -0.3 is 16.4 Å². The van der Waals surface area contributed by atoms with E-state index >= 15 is 0 Å². The number of anilines is 2. The summed E-state index contributed by atoms with van der Waals surface area (Å²) in [5, 5.41) is 9.30. The molecule has 0 spiro atoms. The maximum absolute atomic E-state index is 11.7. The average molecular weight is 261 g/mol. The van der Waals surface area contributed by atoms with Gasteiger partial charge in [0.1, 0.15) is 0 Å². The summed E-state index contributed by atoms with van der Waals surface area (Å²) in [6.45, 7) is 1.91. The highest BCUT2D eigenvalue weighted by Gasteiger charge is 2.04. The van der Waals surface area contributed by atoms with Gasteiger partial charge in [0.05, 0.1) is 5.69 Å². The quantitative estimate of drug-likeness (QED) is 0.792. The van der Waals surface area contributed by atoms with Crippen LogP contribution in [0, 0.1) is 0 Å². The Labute approximate surface area is 110 Å². The summed E-state index contributed by atoms with van der Waals surface area (Å²) in [7, 11) is 0. The number of amides is 2. The van der Waals surface area contributed by atoms with Crippen molar-refractivity contribution in [2.75, 3.05) is 10.6 Å². The van der Waals surface area contributed by atoms with E-state index in [1.807, 2.05) is 48.0 Å². The molecule has 2 aromatic rings. The number of rotatable bonds is 3. The zero-order valence-corrected chi connectivity index (χ0v) is 10.8. The molecule has 0 aliphatic carbocycles. The average Bonchev–Trinajstić information content (AvgIpc) is 2.82. The molecule has 1 aromatic carbocycles. The first-order chi connectivity index (χ1) is 8.65. The van der Waals surface area contributed by atoms with Crippen LogP contribution >= 0.6 is 11.3 Å². The lowest BCUT2D eigenvalue weighted by Gasteiger charge is -2.10. The van der Waals surface area contributed by atoms with Crippen LogP contribution < -0.4 is 16.4 Å². The van der Waals surface area contributed by atoms with Crippen molar-refractivity contribution in [1.82, 2.24) is 0 Å². The van der Waals surface area contributed by atoms with Gasteiger partial charge in [0.2, 0.25) is 0 Å². The molecule has 0 fully saturated rings. The minimum atomic E-state index is -0.254. The summed E-state index contributed by atoms with van der Waals surface area (Å²) in [4.78, 5) is 11.7. The highest BCUT2D eigenvalue weighted by Crippen LogP contribution is 2.16. The molecule has 1 atom stereocenters. The number of hydrogen-bond acceptors (Lipinski definition) is 3. The first kappa shape index (κ1) is 12.6. The van der Waals surface area contributed by atoms with Crippen LogP contribution in [0.15, 0.2) is 41.1 Å². The molecule has 5 heteroatoms. The van der Waals surface area contributed by atoms with Gasteiger partial charge in [0, 0.05) is 17.1 Å². The second kappa shape index (κ2) is 5.66. The summed E-state index contributed by atoms with van der Waals surface area (Å²) in [5.41, 5.74) is 8.31. The zero-order chi connectivity index (χ0) is 13.0. The molecule has 18 heavy (non-hydrogen) atoms. The molecule has 0 aliphatic rings. The molecule has 4 nitrogen and oxygen atoms in total. The molecule has 2 rings (SSSR count). The first-order valence-electron chi connectivity index (χ1n) is 5.61. The van der Waals surface area contributed by atoms with Crippen LogP contribution in [-0.2, 0) is 0 Å². The van der Waals surface area contributed by atoms with Crippen molar-refractivity contribution < 1.29 is 4.79 Å². The second-order valence-corrected chi connectivity index (χ2v) is 4.79. The van der Waals surface area contributed by atoms with Crippen LogP contribution in [0.3, 0.4) is 0 Å². The Morgan fingerprint density at radius 2 is 2.06 bits per heavy atom. The van der Waals surface area contributed by atoms with Gasteiger partial charge >= 0.3 is 6.03 Å². The number of hydrogen-bond donors (Lipinski definition) is 3. The van der Waals surface area contributed by atoms with E-state index in [-0.39, 0.29) is 12.1 Å². The molecule has 0 saturated heterocycles. The molecule has 94 valence electrons. The minimum Gasteiger partial charge on any atom is -0.324 e. The van der Waals surface area contributed by atoms with Gasteiger partial charge in [0.25, 0.3) is 0 Å². The van der Waals surface area contributed by atoms with E-state index in [1.165, 1.54) is 11.3 Å². The monoisotopic (exact) mass is 261 g/mol. The van der Waals surface area contributed by atoms with E-state index in [0.717, 1.165) is 16.9 Å². The Morgan fingerprint density at radius 3 is 2.72 bits per heavy atom. The predicted octanol–water partition coefficient (Wildman–Crippen LogP) is 3.41. The predicted molar refractivity (Wildman–Crippen MR) is 76.0 cm³/mol. The van der Waals surface area contributed by atoms with Crippen molar-refractivity contribution >= 4 is 28.7 Å². The van der Waals surface area contributed by atoms with Crippen LogP contribution in [0.2, 0.25) is 0 Å². The molecular formula is C13H15N3OS. The third-order valence-corrected chi connectivity index (χ3v) is 3.13. The normalized spacial score (nSPS) is 11.9. The van der Waals surface area contributed by atoms with Crippen molar-refractivity contribution in [3.05, 3.63) is 46.7 Å². The number of benzene rings is 1. The van der Waals surface area contributed by atoms with Crippen molar-refractivity contribution in [2.24, 2.45) is 5.73 Å². The summed E-state index contributed by atoms with van der Waals surface area (Å²) < 4.78 is 0. The van der Waals surface area contributed by atoms with Gasteiger partial charge in [-0.15, -0.1) is 0 Å². The summed E-state index contributed by atoms with van der Waals surface area (Å²) in [5.74, 6) is 0. The summed E-state index contributed by atoms with van der Waals surface area (Å²) in [6.07, 6.45) is 0. The largest absolute Gasteiger partial charge is 0.324 e. The van der Waals surface area contributed by atoms with E-state index in [9.17, 15) is 4.79 Å². The van der Waals surface area contributed by atoms with E-state index in [4.69, 9.17) is 5.73 Å². The molecule has 1 heterocycles. The lowest BCUT2D eigenvalue weighted by Crippen LogP contribution is -2.19. The fourth-order valence-corrected chi connectivity index (χ4v) is 2.12. The third-order valence-electron chi connectivity index (χ3n) is 2.45. The number of nitrogens with two attached hydrogens (primary N) is 1. The van der Waals surface area contributed by atoms with Crippen LogP contribution in [0.4, 0.5) is 16.2 Å². The van der Waals surface area contributed by atoms with Gasteiger partial charge in [0.15, 0.2) is 0 Å². The topological polar surface area (TPSA) is 67.1 Å². The van der Waals surface area contributed by atoms with E-state index in [1.54, 1.807) is 0 Å². The highest BCUT2D eigenvalue weighted by atomic mass is 32.1. The Balaban J connectivity index is 2.00. The molecule has 0 radical (unpaired) electrons. The fraction of sp³-hybridized carbons (Fsp3) is 0.154. The summed E-state index contributed by atoms with van der Waals surface area (Å²) in [6, 6.07) is 9.06. The maximum Gasteiger partial charge on any atom is 0.323 e. The van der Waals surface area contributed by atoms with Crippen LogP contribution in [0.25, 0.3) is 0 Å². The van der Waals surface area contributed by atoms with Gasteiger partial charge in [-0.1, -0.05) is 12.1 Å². The molecule has 0 saturated carbocycles. The number of nitrogens with one attached hydrogen (secondary N) is 2. The van der Waals surface area contributed by atoms with E-state index in [0.29, 0.717) is 0 Å². The number of thiophene rings is 1. The van der Waals surface area contributed by atoms with Gasteiger partial charge in [-0.2, -0.15) is 11.3 Å².